The molecule has 0 bridgehead atoms. The van der Waals surface area contributed by atoms with Crippen molar-refractivity contribution in [3.8, 4) is 11.5 Å². The van der Waals surface area contributed by atoms with Crippen molar-refractivity contribution in [1.29, 1.82) is 0 Å². The van der Waals surface area contributed by atoms with Crippen LogP contribution in [0.3, 0.4) is 0 Å². The monoisotopic (exact) mass is 418 g/mol. The fraction of sp³-hybridized carbons (Fsp3) is 0.174. The molecule has 2 aromatic carbocycles. The van der Waals surface area contributed by atoms with Gasteiger partial charge in [0.2, 0.25) is 0 Å². The van der Waals surface area contributed by atoms with Crippen LogP contribution in [0.2, 0.25) is 0 Å². The molecule has 0 aliphatic carbocycles. The van der Waals surface area contributed by atoms with E-state index in [4.69, 9.17) is 9.47 Å². The van der Waals surface area contributed by atoms with Gasteiger partial charge in [0.05, 0.1) is 24.6 Å². The lowest BCUT2D eigenvalue weighted by atomic mass is 10.2. The van der Waals surface area contributed by atoms with Gasteiger partial charge in [-0.3, -0.25) is 9.78 Å². The number of ether oxygens (including phenoxy) is 2. The molecule has 3 rings (SSSR count). The second-order valence-electron chi connectivity index (χ2n) is 6.47. The highest BCUT2D eigenvalue weighted by molar-refractivity contribution is 5.93. The smallest absolute Gasteiger partial charge is 0.343 e. The summed E-state index contributed by atoms with van der Waals surface area (Å²) in [6, 6.07) is 13.6. The maximum atomic E-state index is 12.3. The van der Waals surface area contributed by atoms with Crippen LogP contribution in [0.5, 0.6) is 11.5 Å². The summed E-state index contributed by atoms with van der Waals surface area (Å²) in [4.78, 5) is 31.9. The predicted molar refractivity (Wildman–Crippen MR) is 115 cm³/mol. The third-order valence-electron chi connectivity index (χ3n) is 4.12. The zero-order valence-electron chi connectivity index (χ0n) is 17.0. The average Bonchev–Trinajstić information content (AvgIpc) is 2.81. The van der Waals surface area contributed by atoms with E-state index in [-0.39, 0.29) is 5.69 Å². The van der Waals surface area contributed by atoms with Gasteiger partial charge in [0.25, 0.3) is 5.91 Å². The quantitative estimate of drug-likeness (QED) is 0.187. The summed E-state index contributed by atoms with van der Waals surface area (Å²) >= 11 is 0. The van der Waals surface area contributed by atoms with Gasteiger partial charge >= 0.3 is 5.97 Å². The minimum absolute atomic E-state index is 0.169. The molecule has 0 unspecified atom stereocenters. The molecular formula is C23H22N4O4. The van der Waals surface area contributed by atoms with Crippen LogP contribution < -0.4 is 14.9 Å². The lowest BCUT2D eigenvalue weighted by molar-refractivity contribution is 0.0734. The van der Waals surface area contributed by atoms with Crippen molar-refractivity contribution < 1.29 is 19.1 Å². The van der Waals surface area contributed by atoms with Crippen molar-refractivity contribution in [3.05, 3.63) is 83.9 Å². The Morgan fingerprint density at radius 2 is 1.77 bits per heavy atom. The van der Waals surface area contributed by atoms with Crippen LogP contribution in [0.25, 0.3) is 0 Å². The van der Waals surface area contributed by atoms with Gasteiger partial charge < -0.3 is 9.47 Å². The average molecular weight is 418 g/mol. The molecule has 0 saturated heterocycles. The highest BCUT2D eigenvalue weighted by Gasteiger charge is 2.09. The van der Waals surface area contributed by atoms with Gasteiger partial charge in [-0.1, -0.05) is 13.3 Å². The van der Waals surface area contributed by atoms with Gasteiger partial charge in [0, 0.05) is 12.4 Å². The van der Waals surface area contributed by atoms with Crippen molar-refractivity contribution in [2.45, 2.75) is 19.8 Å². The number of nitrogens with zero attached hydrogens (tertiary/aromatic N) is 3. The number of carbonyl (C=O) groups excluding carboxylic acids is 2. The number of benzene rings is 2. The molecule has 8 nitrogen and oxygen atoms in total. The Labute approximate surface area is 180 Å². The van der Waals surface area contributed by atoms with Gasteiger partial charge in [0.1, 0.15) is 17.2 Å². The van der Waals surface area contributed by atoms with Gasteiger partial charge in [-0.15, -0.1) is 0 Å². The van der Waals surface area contributed by atoms with E-state index < -0.39 is 11.9 Å². The molecular weight excluding hydrogens is 396 g/mol. The highest BCUT2D eigenvalue weighted by Crippen LogP contribution is 2.16. The molecule has 3 aromatic rings. The number of hydrogen-bond donors (Lipinski definition) is 1. The van der Waals surface area contributed by atoms with E-state index in [2.05, 4.69) is 27.4 Å². The molecule has 0 spiro atoms. The standard InChI is InChI=1S/C23H22N4O4/c1-2-3-14-30-19-10-6-18(7-11-19)23(29)31-20-8-4-17(5-9-20)15-26-27-22(28)21-16-24-12-13-25-21/h4-13,15-16H,2-3,14H2,1H3,(H,27,28)/b26-15-. The normalized spacial score (nSPS) is 10.6. The SMILES string of the molecule is CCCCOc1ccc(C(=O)Oc2ccc(/C=N\NC(=O)c3cnccn3)cc2)cc1. The molecule has 0 aliphatic rings. The van der Waals surface area contributed by atoms with Crippen LogP contribution in [0.4, 0.5) is 0 Å². The van der Waals surface area contributed by atoms with Crippen LogP contribution in [-0.2, 0) is 0 Å². The molecule has 8 heteroatoms. The first-order valence-electron chi connectivity index (χ1n) is 9.80. The maximum absolute atomic E-state index is 12.3. The minimum Gasteiger partial charge on any atom is -0.494 e. The van der Waals surface area contributed by atoms with Crippen molar-refractivity contribution in [2.75, 3.05) is 6.61 Å². The number of aromatic nitrogens is 2. The van der Waals surface area contributed by atoms with E-state index in [1.54, 1.807) is 48.5 Å². The Morgan fingerprint density at radius 3 is 2.45 bits per heavy atom. The van der Waals surface area contributed by atoms with E-state index in [0.717, 1.165) is 18.6 Å². The predicted octanol–water partition coefficient (Wildman–Crippen LogP) is 3.64. The summed E-state index contributed by atoms with van der Waals surface area (Å²) in [6.45, 7) is 2.75. The van der Waals surface area contributed by atoms with E-state index >= 15 is 0 Å². The lowest BCUT2D eigenvalue weighted by Gasteiger charge is -2.07. The summed E-state index contributed by atoms with van der Waals surface area (Å²) < 4.78 is 11.0. The van der Waals surface area contributed by atoms with Gasteiger partial charge in [-0.2, -0.15) is 5.10 Å². The number of nitrogens with one attached hydrogen (secondary N) is 1. The van der Waals surface area contributed by atoms with Crippen LogP contribution in [0, 0.1) is 0 Å². The Bertz CT molecular complexity index is 1020. The van der Waals surface area contributed by atoms with Crippen molar-refractivity contribution in [3.63, 3.8) is 0 Å². The van der Waals surface area contributed by atoms with E-state index in [9.17, 15) is 9.59 Å². The number of unbranched alkanes of at least 4 members (excludes halogenated alkanes) is 1. The lowest BCUT2D eigenvalue weighted by Crippen LogP contribution is -2.19. The number of amides is 1. The third kappa shape index (κ3) is 6.74. The molecule has 1 N–H and O–H groups in total. The summed E-state index contributed by atoms with van der Waals surface area (Å²) in [6.07, 6.45) is 7.77. The molecule has 1 amide bonds. The van der Waals surface area contributed by atoms with Gasteiger partial charge in [-0.25, -0.2) is 15.2 Å². The number of rotatable bonds is 9. The fourth-order valence-electron chi connectivity index (χ4n) is 2.45. The second-order valence-corrected chi connectivity index (χ2v) is 6.47. The third-order valence-corrected chi connectivity index (χ3v) is 4.12. The summed E-state index contributed by atoms with van der Waals surface area (Å²) in [5, 5.41) is 3.88. The highest BCUT2D eigenvalue weighted by atomic mass is 16.5. The van der Waals surface area contributed by atoms with Crippen LogP contribution in [-0.4, -0.2) is 34.7 Å². The second kappa shape index (κ2) is 11.2. The first-order valence-corrected chi connectivity index (χ1v) is 9.80. The summed E-state index contributed by atoms with van der Waals surface area (Å²) in [5.74, 6) is 0.198. The first kappa shape index (κ1) is 21.6. The molecule has 0 saturated carbocycles. The fourth-order valence-corrected chi connectivity index (χ4v) is 2.45. The molecule has 158 valence electrons. The Morgan fingerprint density at radius 1 is 1.03 bits per heavy atom. The Kier molecular flexibility index (Phi) is 7.82. The largest absolute Gasteiger partial charge is 0.494 e. The van der Waals surface area contributed by atoms with Crippen LogP contribution in [0.15, 0.2) is 72.2 Å². The van der Waals surface area contributed by atoms with Crippen molar-refractivity contribution in [2.24, 2.45) is 5.10 Å². The molecule has 0 aliphatic heterocycles. The number of esters is 1. The topological polar surface area (TPSA) is 103 Å². The molecule has 0 atom stereocenters. The molecule has 1 heterocycles. The number of hydrazone groups is 1. The van der Waals surface area contributed by atoms with Crippen molar-refractivity contribution >= 4 is 18.1 Å². The minimum atomic E-state index is -0.461. The molecule has 0 fully saturated rings. The van der Waals surface area contributed by atoms with E-state index in [0.29, 0.717) is 23.5 Å². The first-order chi connectivity index (χ1) is 15.2. The Balaban J connectivity index is 1.50. The van der Waals surface area contributed by atoms with Gasteiger partial charge in [0.15, 0.2) is 0 Å². The maximum Gasteiger partial charge on any atom is 0.343 e. The summed E-state index contributed by atoms with van der Waals surface area (Å²) in [5.41, 5.74) is 3.68. The summed E-state index contributed by atoms with van der Waals surface area (Å²) in [7, 11) is 0. The van der Waals surface area contributed by atoms with Crippen molar-refractivity contribution in [1.82, 2.24) is 15.4 Å². The molecule has 0 radical (unpaired) electrons. The van der Waals surface area contributed by atoms with E-state index in [1.807, 2.05) is 0 Å². The van der Waals surface area contributed by atoms with E-state index in [1.165, 1.54) is 24.8 Å². The zero-order chi connectivity index (χ0) is 21.9. The molecule has 31 heavy (non-hydrogen) atoms. The Hall–Kier alpha value is -4.07. The zero-order valence-corrected chi connectivity index (χ0v) is 17.0. The van der Waals surface area contributed by atoms with Crippen LogP contribution >= 0.6 is 0 Å². The van der Waals surface area contributed by atoms with Gasteiger partial charge in [-0.05, 0) is 60.5 Å². The number of hydrogen-bond acceptors (Lipinski definition) is 7. The van der Waals surface area contributed by atoms with Crippen LogP contribution in [0.1, 0.15) is 46.2 Å². The molecule has 1 aromatic heterocycles. The number of carbonyl (C=O) groups is 2.